The Balaban J connectivity index is 1.72. The molecular weight excluding hydrogens is 176 g/mol. The van der Waals surface area contributed by atoms with Crippen LogP contribution in [0.4, 0.5) is 0 Å². The predicted molar refractivity (Wildman–Crippen MR) is 57.4 cm³/mol. The predicted octanol–water partition coefficient (Wildman–Crippen LogP) is 0.707. The SMILES string of the molecule is C[C@H]1CN(CC2CCNCC2)CCO1. The molecule has 1 N–H and O–H groups in total. The lowest BCUT2D eigenvalue weighted by Gasteiger charge is -2.35. The van der Waals surface area contributed by atoms with Crippen LogP contribution in [0.25, 0.3) is 0 Å². The molecule has 0 spiro atoms. The Bertz CT molecular complexity index is 169. The Labute approximate surface area is 86.8 Å². The topological polar surface area (TPSA) is 24.5 Å². The maximum absolute atomic E-state index is 5.54. The van der Waals surface area contributed by atoms with Gasteiger partial charge in [0.2, 0.25) is 0 Å². The Kier molecular flexibility index (Phi) is 3.79. The molecular formula is C11H22N2O. The van der Waals surface area contributed by atoms with Crippen LogP contribution in [0.5, 0.6) is 0 Å². The van der Waals surface area contributed by atoms with Crippen molar-refractivity contribution >= 4 is 0 Å². The van der Waals surface area contributed by atoms with Gasteiger partial charge in [-0.15, -0.1) is 0 Å². The molecule has 3 heteroatoms. The molecule has 0 aliphatic carbocycles. The van der Waals surface area contributed by atoms with Gasteiger partial charge in [0.1, 0.15) is 0 Å². The molecule has 2 rings (SSSR count). The molecule has 0 bridgehead atoms. The summed E-state index contributed by atoms with van der Waals surface area (Å²) in [5.41, 5.74) is 0. The molecule has 3 nitrogen and oxygen atoms in total. The summed E-state index contributed by atoms with van der Waals surface area (Å²) in [6.45, 7) is 9.07. The van der Waals surface area contributed by atoms with Crippen LogP contribution in [-0.4, -0.2) is 50.3 Å². The first-order valence-corrected chi connectivity index (χ1v) is 5.89. The van der Waals surface area contributed by atoms with Crippen molar-refractivity contribution in [3.05, 3.63) is 0 Å². The Morgan fingerprint density at radius 2 is 2.14 bits per heavy atom. The molecule has 2 aliphatic heterocycles. The maximum atomic E-state index is 5.54. The van der Waals surface area contributed by atoms with Gasteiger partial charge in [0.25, 0.3) is 0 Å². The summed E-state index contributed by atoms with van der Waals surface area (Å²) in [4.78, 5) is 2.57. The van der Waals surface area contributed by atoms with Crippen LogP contribution in [0.3, 0.4) is 0 Å². The molecule has 0 aromatic carbocycles. The van der Waals surface area contributed by atoms with Crippen molar-refractivity contribution in [1.82, 2.24) is 10.2 Å². The van der Waals surface area contributed by atoms with Crippen molar-refractivity contribution in [2.75, 3.05) is 39.3 Å². The van der Waals surface area contributed by atoms with Gasteiger partial charge in [-0.05, 0) is 38.8 Å². The largest absolute Gasteiger partial charge is 0.376 e. The van der Waals surface area contributed by atoms with Crippen molar-refractivity contribution < 1.29 is 4.74 Å². The van der Waals surface area contributed by atoms with E-state index in [1.165, 1.54) is 32.5 Å². The van der Waals surface area contributed by atoms with E-state index < -0.39 is 0 Å². The van der Waals surface area contributed by atoms with Crippen LogP contribution in [-0.2, 0) is 4.74 Å². The smallest absolute Gasteiger partial charge is 0.0674 e. The molecule has 2 fully saturated rings. The van der Waals surface area contributed by atoms with E-state index in [4.69, 9.17) is 4.74 Å². The van der Waals surface area contributed by atoms with Crippen LogP contribution in [0.2, 0.25) is 0 Å². The lowest BCUT2D eigenvalue weighted by atomic mass is 9.97. The third-order valence-corrected chi connectivity index (χ3v) is 3.30. The second-order valence-corrected chi connectivity index (χ2v) is 4.63. The zero-order chi connectivity index (χ0) is 9.80. The van der Waals surface area contributed by atoms with Crippen LogP contribution in [0.15, 0.2) is 0 Å². The zero-order valence-electron chi connectivity index (χ0n) is 9.17. The summed E-state index contributed by atoms with van der Waals surface area (Å²) in [5, 5.41) is 3.42. The highest BCUT2D eigenvalue weighted by atomic mass is 16.5. The lowest BCUT2D eigenvalue weighted by Crippen LogP contribution is -2.44. The summed E-state index contributed by atoms with van der Waals surface area (Å²) < 4.78 is 5.54. The van der Waals surface area contributed by atoms with Crippen molar-refractivity contribution in [2.24, 2.45) is 5.92 Å². The maximum Gasteiger partial charge on any atom is 0.0674 e. The number of rotatable bonds is 2. The third kappa shape index (κ3) is 2.94. The highest BCUT2D eigenvalue weighted by molar-refractivity contribution is 4.75. The molecule has 2 saturated heterocycles. The summed E-state index contributed by atoms with van der Waals surface area (Å²) in [5.74, 6) is 0.918. The molecule has 2 aliphatic rings. The quantitative estimate of drug-likeness (QED) is 0.707. The average Bonchev–Trinajstić information content (AvgIpc) is 2.19. The molecule has 0 radical (unpaired) electrons. The van der Waals surface area contributed by atoms with Crippen molar-refractivity contribution in [3.8, 4) is 0 Å². The summed E-state index contributed by atoms with van der Waals surface area (Å²) in [6.07, 6.45) is 3.14. The second-order valence-electron chi connectivity index (χ2n) is 4.63. The van der Waals surface area contributed by atoms with Crippen LogP contribution >= 0.6 is 0 Å². The normalized spacial score (nSPS) is 31.9. The number of nitrogens with zero attached hydrogens (tertiary/aromatic N) is 1. The zero-order valence-corrected chi connectivity index (χ0v) is 9.17. The van der Waals surface area contributed by atoms with Gasteiger partial charge in [-0.3, -0.25) is 4.90 Å². The Hall–Kier alpha value is -0.120. The molecule has 0 unspecified atom stereocenters. The molecule has 2 heterocycles. The van der Waals surface area contributed by atoms with E-state index in [1.54, 1.807) is 0 Å². The molecule has 0 saturated carbocycles. The monoisotopic (exact) mass is 198 g/mol. The fourth-order valence-electron chi connectivity index (χ4n) is 2.49. The summed E-state index contributed by atoms with van der Waals surface area (Å²) in [7, 11) is 0. The minimum atomic E-state index is 0.436. The fraction of sp³-hybridized carbons (Fsp3) is 1.00. The number of hydrogen-bond donors (Lipinski definition) is 1. The first-order valence-electron chi connectivity index (χ1n) is 5.89. The van der Waals surface area contributed by atoms with E-state index >= 15 is 0 Å². The van der Waals surface area contributed by atoms with Crippen molar-refractivity contribution in [1.29, 1.82) is 0 Å². The Morgan fingerprint density at radius 3 is 2.86 bits per heavy atom. The second kappa shape index (κ2) is 5.10. The van der Waals surface area contributed by atoms with Gasteiger partial charge in [-0.1, -0.05) is 0 Å². The number of ether oxygens (including phenoxy) is 1. The highest BCUT2D eigenvalue weighted by Crippen LogP contribution is 2.15. The minimum absolute atomic E-state index is 0.436. The molecule has 0 aromatic rings. The molecule has 0 aromatic heterocycles. The van der Waals surface area contributed by atoms with E-state index in [0.717, 1.165) is 25.6 Å². The van der Waals surface area contributed by atoms with Gasteiger partial charge >= 0.3 is 0 Å². The standard InChI is InChI=1S/C11H22N2O/c1-10-8-13(6-7-14-10)9-11-2-4-12-5-3-11/h10-12H,2-9H2,1H3/t10-/m0/s1. The van der Waals surface area contributed by atoms with Crippen LogP contribution in [0.1, 0.15) is 19.8 Å². The van der Waals surface area contributed by atoms with Gasteiger partial charge in [0.15, 0.2) is 0 Å². The fourth-order valence-corrected chi connectivity index (χ4v) is 2.49. The number of piperidine rings is 1. The van der Waals surface area contributed by atoms with Gasteiger partial charge in [0.05, 0.1) is 12.7 Å². The van der Waals surface area contributed by atoms with Gasteiger partial charge in [-0.2, -0.15) is 0 Å². The Morgan fingerprint density at radius 1 is 1.36 bits per heavy atom. The van der Waals surface area contributed by atoms with Crippen LogP contribution < -0.4 is 5.32 Å². The number of morpholine rings is 1. The van der Waals surface area contributed by atoms with Gasteiger partial charge in [-0.25, -0.2) is 0 Å². The summed E-state index contributed by atoms with van der Waals surface area (Å²) >= 11 is 0. The number of nitrogens with one attached hydrogen (secondary N) is 1. The number of hydrogen-bond acceptors (Lipinski definition) is 3. The van der Waals surface area contributed by atoms with E-state index in [1.807, 2.05) is 0 Å². The van der Waals surface area contributed by atoms with Crippen molar-refractivity contribution in [2.45, 2.75) is 25.9 Å². The average molecular weight is 198 g/mol. The highest BCUT2D eigenvalue weighted by Gasteiger charge is 2.21. The van der Waals surface area contributed by atoms with E-state index in [-0.39, 0.29) is 0 Å². The first kappa shape index (κ1) is 10.4. The third-order valence-electron chi connectivity index (χ3n) is 3.30. The molecule has 14 heavy (non-hydrogen) atoms. The molecule has 0 amide bonds. The van der Waals surface area contributed by atoms with E-state index in [2.05, 4.69) is 17.1 Å². The van der Waals surface area contributed by atoms with Gasteiger partial charge in [0, 0.05) is 19.6 Å². The minimum Gasteiger partial charge on any atom is -0.376 e. The van der Waals surface area contributed by atoms with E-state index in [0.29, 0.717) is 6.10 Å². The lowest BCUT2D eigenvalue weighted by molar-refractivity contribution is -0.0243. The van der Waals surface area contributed by atoms with Crippen molar-refractivity contribution in [3.63, 3.8) is 0 Å². The van der Waals surface area contributed by atoms with Gasteiger partial charge < -0.3 is 10.1 Å². The molecule has 82 valence electrons. The molecule has 1 atom stereocenters. The summed E-state index contributed by atoms with van der Waals surface area (Å²) in [6, 6.07) is 0. The first-order chi connectivity index (χ1) is 6.84. The van der Waals surface area contributed by atoms with Crippen LogP contribution in [0, 0.1) is 5.92 Å². The van der Waals surface area contributed by atoms with E-state index in [9.17, 15) is 0 Å².